The van der Waals surface area contributed by atoms with Gasteiger partial charge in [-0.15, -0.1) is 0 Å². The summed E-state index contributed by atoms with van der Waals surface area (Å²) in [7, 11) is 0. The van der Waals surface area contributed by atoms with E-state index in [9.17, 15) is 14.4 Å². The maximum absolute atomic E-state index is 12.8. The summed E-state index contributed by atoms with van der Waals surface area (Å²) < 4.78 is 16.8. The van der Waals surface area contributed by atoms with Crippen LogP contribution in [0.1, 0.15) is 233 Å². The second kappa shape index (κ2) is 55.4. The van der Waals surface area contributed by atoms with Crippen molar-refractivity contribution in [1.29, 1.82) is 0 Å². The minimum Gasteiger partial charge on any atom is -0.462 e. The lowest BCUT2D eigenvalue weighted by atomic mass is 10.1. The summed E-state index contributed by atoms with van der Waals surface area (Å²) in [6.45, 7) is 6.31. The van der Waals surface area contributed by atoms with Gasteiger partial charge in [-0.2, -0.15) is 0 Å². The van der Waals surface area contributed by atoms with Crippen molar-refractivity contribution in [1.82, 2.24) is 0 Å². The lowest BCUT2D eigenvalue weighted by Crippen LogP contribution is -2.30. The minimum absolute atomic E-state index is 0.115. The Bertz CT molecular complexity index is 1450. The van der Waals surface area contributed by atoms with Crippen molar-refractivity contribution in [3.8, 4) is 0 Å². The van der Waals surface area contributed by atoms with Crippen LogP contribution in [0.4, 0.5) is 0 Å². The third-order valence-electron chi connectivity index (χ3n) is 11.3. The van der Waals surface area contributed by atoms with E-state index in [0.717, 1.165) is 122 Å². The summed E-state index contributed by atoms with van der Waals surface area (Å²) in [5.74, 6) is -0.995. The second-order valence-electron chi connectivity index (χ2n) is 17.8. The Morgan fingerprint density at radius 1 is 0.324 bits per heavy atom. The molecule has 68 heavy (non-hydrogen) atoms. The first kappa shape index (κ1) is 63.8. The Hall–Kier alpha value is -4.19. The highest BCUT2D eigenvalue weighted by Gasteiger charge is 2.19. The molecule has 0 radical (unpaired) electrons. The summed E-state index contributed by atoms with van der Waals surface area (Å²) in [6, 6.07) is 0. The van der Waals surface area contributed by atoms with Crippen LogP contribution >= 0.6 is 0 Å². The molecule has 0 aromatic rings. The van der Waals surface area contributed by atoms with Gasteiger partial charge in [-0.25, -0.2) is 0 Å². The largest absolute Gasteiger partial charge is 0.462 e. The maximum Gasteiger partial charge on any atom is 0.306 e. The molecule has 0 spiro atoms. The molecule has 0 aromatic carbocycles. The average Bonchev–Trinajstić information content (AvgIpc) is 3.34. The van der Waals surface area contributed by atoms with Crippen LogP contribution < -0.4 is 0 Å². The molecule has 6 nitrogen and oxygen atoms in total. The zero-order chi connectivity index (χ0) is 49.3. The Labute approximate surface area is 418 Å². The van der Waals surface area contributed by atoms with E-state index in [2.05, 4.69) is 106 Å². The molecule has 0 aliphatic heterocycles. The zero-order valence-corrected chi connectivity index (χ0v) is 43.8. The molecular weight excluding hydrogens is 841 g/mol. The topological polar surface area (TPSA) is 78.9 Å². The van der Waals surface area contributed by atoms with Crippen LogP contribution in [0, 0.1) is 0 Å². The number of carbonyl (C=O) groups excluding carboxylic acids is 3. The number of hydrogen-bond acceptors (Lipinski definition) is 6. The minimum atomic E-state index is -0.816. The van der Waals surface area contributed by atoms with Gasteiger partial charge in [0.25, 0.3) is 0 Å². The fourth-order valence-electron chi connectivity index (χ4n) is 7.18. The number of carbonyl (C=O) groups is 3. The molecule has 0 saturated heterocycles. The second-order valence-corrected chi connectivity index (χ2v) is 17.8. The molecule has 6 heteroatoms. The Morgan fingerprint density at radius 3 is 1.10 bits per heavy atom. The zero-order valence-electron chi connectivity index (χ0n) is 43.8. The molecule has 0 fully saturated rings. The highest BCUT2D eigenvalue weighted by Crippen LogP contribution is 2.14. The van der Waals surface area contributed by atoms with Gasteiger partial charge in [0.2, 0.25) is 0 Å². The standard InChI is InChI=1S/C62H100O6/c1-4-7-10-13-16-19-22-25-27-29-31-33-34-37-40-43-46-49-52-55-61(64)67-58-59(57-66-60(63)54-51-48-45-42-39-36-24-21-18-15-12-9-6-3)68-62(65)56-53-50-47-44-41-38-35-32-30-28-26-23-20-17-14-11-8-5-2/h7,9-10,12,15-16,18-19,21,24-25,27,31-33,35-37,39-40,59H,4-6,8,11,13-14,17,20,22-23,26,28-30,34,38,41-58H2,1-3H3/b10-7-,12-9-,18-15-,19-16-,24-21-,27-25-,33-31-,35-32-,39-36-,40-37-. The highest BCUT2D eigenvalue weighted by molar-refractivity contribution is 5.71. The van der Waals surface area contributed by atoms with Crippen LogP contribution in [0.2, 0.25) is 0 Å². The molecular formula is C62H100O6. The lowest BCUT2D eigenvalue weighted by Gasteiger charge is -2.18. The molecule has 0 aliphatic rings. The molecule has 0 rings (SSSR count). The van der Waals surface area contributed by atoms with Crippen LogP contribution in [0.25, 0.3) is 0 Å². The normalized spacial score (nSPS) is 13.0. The van der Waals surface area contributed by atoms with E-state index in [-0.39, 0.29) is 31.1 Å². The quantitative estimate of drug-likeness (QED) is 0.0199. The monoisotopic (exact) mass is 941 g/mol. The van der Waals surface area contributed by atoms with Gasteiger partial charge in [0.05, 0.1) is 0 Å². The third kappa shape index (κ3) is 52.8. The van der Waals surface area contributed by atoms with Crippen molar-refractivity contribution in [3.05, 3.63) is 122 Å². The third-order valence-corrected chi connectivity index (χ3v) is 11.3. The molecule has 384 valence electrons. The van der Waals surface area contributed by atoms with Crippen LogP contribution in [0.15, 0.2) is 122 Å². The van der Waals surface area contributed by atoms with Crippen molar-refractivity contribution in [2.45, 2.75) is 239 Å². The number of esters is 3. The highest BCUT2D eigenvalue weighted by atomic mass is 16.6. The summed E-state index contributed by atoms with van der Waals surface area (Å²) >= 11 is 0. The number of rotatable bonds is 48. The summed E-state index contributed by atoms with van der Waals surface area (Å²) in [5.41, 5.74) is 0. The van der Waals surface area contributed by atoms with E-state index in [1.165, 1.54) is 70.6 Å². The van der Waals surface area contributed by atoms with Crippen LogP contribution in [-0.4, -0.2) is 37.2 Å². The van der Waals surface area contributed by atoms with Crippen molar-refractivity contribution < 1.29 is 28.6 Å². The van der Waals surface area contributed by atoms with Crippen molar-refractivity contribution in [2.24, 2.45) is 0 Å². The van der Waals surface area contributed by atoms with E-state index < -0.39 is 6.10 Å². The number of hydrogen-bond donors (Lipinski definition) is 0. The summed E-state index contributed by atoms with van der Waals surface area (Å²) in [5, 5.41) is 0. The predicted octanol–water partition coefficient (Wildman–Crippen LogP) is 18.5. The van der Waals surface area contributed by atoms with Gasteiger partial charge >= 0.3 is 17.9 Å². The van der Waals surface area contributed by atoms with Gasteiger partial charge in [-0.3, -0.25) is 14.4 Å². The average molecular weight is 941 g/mol. The van der Waals surface area contributed by atoms with Gasteiger partial charge in [-0.1, -0.05) is 226 Å². The van der Waals surface area contributed by atoms with Gasteiger partial charge in [-0.05, 0) is 109 Å². The molecule has 0 heterocycles. The van der Waals surface area contributed by atoms with Gasteiger partial charge < -0.3 is 14.2 Å². The molecule has 0 N–H and O–H groups in total. The summed E-state index contributed by atoms with van der Waals surface area (Å²) in [4.78, 5) is 38.1. The number of allylic oxidation sites excluding steroid dienone is 20. The molecule has 1 atom stereocenters. The van der Waals surface area contributed by atoms with E-state index in [1.807, 2.05) is 36.5 Å². The number of unbranched alkanes of at least 4 members (excludes halogenated alkanes) is 20. The Balaban J connectivity index is 4.51. The lowest BCUT2D eigenvalue weighted by molar-refractivity contribution is -0.167. The number of ether oxygens (including phenoxy) is 3. The predicted molar refractivity (Wildman–Crippen MR) is 293 cm³/mol. The fraction of sp³-hybridized carbons (Fsp3) is 0.629. The van der Waals surface area contributed by atoms with E-state index >= 15 is 0 Å². The van der Waals surface area contributed by atoms with Crippen LogP contribution in [0.5, 0.6) is 0 Å². The van der Waals surface area contributed by atoms with Gasteiger partial charge in [0.15, 0.2) is 6.10 Å². The van der Waals surface area contributed by atoms with E-state index in [4.69, 9.17) is 14.2 Å². The van der Waals surface area contributed by atoms with Crippen LogP contribution in [0.3, 0.4) is 0 Å². The maximum atomic E-state index is 12.8. The SMILES string of the molecule is CC\C=C/C=C\C=C/C=C\CCCCCC(=O)OCC(COC(=O)CCCCC/C=C\C/C=C\C/C=C\C/C=C\C/C=C\CC)OC(=O)CCCCCCC/C=C\CCCCCCCCCCC. The van der Waals surface area contributed by atoms with Gasteiger partial charge in [0.1, 0.15) is 13.2 Å². The molecule has 0 bridgehead atoms. The van der Waals surface area contributed by atoms with E-state index in [0.29, 0.717) is 19.3 Å². The van der Waals surface area contributed by atoms with Gasteiger partial charge in [0, 0.05) is 19.3 Å². The van der Waals surface area contributed by atoms with Crippen molar-refractivity contribution >= 4 is 17.9 Å². The molecule has 0 saturated carbocycles. The smallest absolute Gasteiger partial charge is 0.306 e. The molecule has 0 amide bonds. The Morgan fingerprint density at radius 2 is 0.647 bits per heavy atom. The van der Waals surface area contributed by atoms with E-state index in [1.54, 1.807) is 0 Å². The van der Waals surface area contributed by atoms with Crippen molar-refractivity contribution in [2.75, 3.05) is 13.2 Å². The summed E-state index contributed by atoms with van der Waals surface area (Å²) in [6.07, 6.45) is 76.2. The van der Waals surface area contributed by atoms with Crippen LogP contribution in [-0.2, 0) is 28.6 Å². The molecule has 0 aliphatic carbocycles. The first-order valence-electron chi connectivity index (χ1n) is 27.6. The first-order valence-corrected chi connectivity index (χ1v) is 27.6. The molecule has 1 unspecified atom stereocenters. The van der Waals surface area contributed by atoms with Crippen molar-refractivity contribution in [3.63, 3.8) is 0 Å². The first-order chi connectivity index (χ1) is 33.5. The molecule has 0 aromatic heterocycles. The fourth-order valence-corrected chi connectivity index (χ4v) is 7.18. The Kier molecular flexibility index (Phi) is 52.0.